The van der Waals surface area contributed by atoms with Gasteiger partial charge in [-0.25, -0.2) is 0 Å². The monoisotopic (exact) mass is 399 g/mol. The number of hydrogen-bond donors (Lipinski definition) is 1. The van der Waals surface area contributed by atoms with Crippen LogP contribution in [0.4, 0.5) is 0 Å². The van der Waals surface area contributed by atoms with Crippen molar-refractivity contribution in [1.82, 2.24) is 5.32 Å². The van der Waals surface area contributed by atoms with Gasteiger partial charge in [-0.1, -0.05) is 50.6 Å². The topological polar surface area (TPSA) is 42.2 Å². The Morgan fingerprint density at radius 1 is 1.07 bits per heavy atom. The maximum absolute atomic E-state index is 13.3. The fraction of sp³-hybridized carbons (Fsp3) is 0.370. The number of aryl methyl sites for hydroxylation is 1. The van der Waals surface area contributed by atoms with Gasteiger partial charge in [0.05, 0.1) is 12.1 Å². The van der Waals surface area contributed by atoms with Crippen molar-refractivity contribution in [3.63, 3.8) is 0 Å². The van der Waals surface area contributed by atoms with E-state index in [0.29, 0.717) is 35.4 Å². The number of carbonyl (C=O) groups is 1. The highest BCUT2D eigenvalue weighted by Gasteiger charge is 2.34. The lowest BCUT2D eigenvalue weighted by molar-refractivity contribution is 0.105. The second kappa shape index (κ2) is 7.24. The fourth-order valence-corrected chi connectivity index (χ4v) is 5.33. The van der Waals surface area contributed by atoms with Crippen LogP contribution in [0.15, 0.2) is 41.3 Å². The zero-order valence-corrected chi connectivity index (χ0v) is 18.1. The van der Waals surface area contributed by atoms with Gasteiger partial charge in [0, 0.05) is 28.3 Å². The molecule has 0 radical (unpaired) electrons. The van der Waals surface area contributed by atoms with Gasteiger partial charge >= 0.3 is 0 Å². The summed E-state index contributed by atoms with van der Waals surface area (Å²) in [6, 6.07) is 11.0. The summed E-state index contributed by atoms with van der Waals surface area (Å²) in [6.07, 6.45) is 5.11. The predicted molar refractivity (Wildman–Crippen MR) is 123 cm³/mol. The number of furan rings is 1. The van der Waals surface area contributed by atoms with E-state index in [2.05, 4.69) is 50.0 Å². The van der Waals surface area contributed by atoms with E-state index in [1.807, 2.05) is 13.0 Å². The summed E-state index contributed by atoms with van der Waals surface area (Å²) in [5.74, 6) is 2.25. The zero-order valence-electron chi connectivity index (χ0n) is 18.1. The number of carbonyl (C=O) groups excluding carboxylic acids is 1. The van der Waals surface area contributed by atoms with Crippen molar-refractivity contribution in [1.29, 1.82) is 0 Å². The molecule has 3 nitrogen and oxygen atoms in total. The Labute approximate surface area is 178 Å². The molecule has 30 heavy (non-hydrogen) atoms. The highest BCUT2D eigenvalue weighted by molar-refractivity contribution is 6.36. The van der Waals surface area contributed by atoms with E-state index in [1.165, 1.54) is 31.2 Å². The third kappa shape index (κ3) is 2.87. The average molecular weight is 400 g/mol. The second-order valence-electron chi connectivity index (χ2n) is 9.07. The standard InChI is InChI=1S/C27H29NO2/c1-15-9-7-10-20-19(15)12-13-21-24(20)18(4)26(29)25-17(3)23(30-27(21)25)14-28-22-11-6-5-8-16(22)2/h7,9-10,12-13,16,22,28H,4-6,8,11,14H2,1-3H3. The Morgan fingerprint density at radius 3 is 2.67 bits per heavy atom. The Hall–Kier alpha value is -2.65. The number of hydrogen-bond acceptors (Lipinski definition) is 3. The first-order chi connectivity index (χ1) is 14.5. The minimum absolute atomic E-state index is 0.00922. The molecule has 2 unspecified atom stereocenters. The molecular formula is C27H29NO2. The van der Waals surface area contributed by atoms with Crippen molar-refractivity contribution in [3.05, 3.63) is 64.9 Å². The number of nitrogens with one attached hydrogen (secondary N) is 1. The maximum Gasteiger partial charge on any atom is 0.197 e. The van der Waals surface area contributed by atoms with Crippen LogP contribution in [0, 0.1) is 19.8 Å². The lowest BCUT2D eigenvalue weighted by Gasteiger charge is -2.29. The van der Waals surface area contributed by atoms with Gasteiger partial charge in [0.1, 0.15) is 11.5 Å². The lowest BCUT2D eigenvalue weighted by Crippen LogP contribution is -2.36. The van der Waals surface area contributed by atoms with Gasteiger partial charge in [0.15, 0.2) is 5.78 Å². The molecule has 0 bridgehead atoms. The third-order valence-corrected chi connectivity index (χ3v) is 7.21. The molecule has 2 aromatic carbocycles. The van der Waals surface area contributed by atoms with Crippen molar-refractivity contribution in [3.8, 4) is 11.3 Å². The van der Waals surface area contributed by atoms with Gasteiger partial charge in [-0.3, -0.25) is 4.79 Å². The molecule has 2 aliphatic carbocycles. The van der Waals surface area contributed by atoms with E-state index in [9.17, 15) is 4.79 Å². The quantitative estimate of drug-likeness (QED) is 0.505. The Kier molecular flexibility index (Phi) is 4.67. The Morgan fingerprint density at radius 2 is 1.87 bits per heavy atom. The molecule has 1 N–H and O–H groups in total. The van der Waals surface area contributed by atoms with Crippen LogP contribution in [-0.4, -0.2) is 11.8 Å². The minimum Gasteiger partial charge on any atom is -0.459 e. The van der Waals surface area contributed by atoms with Crippen LogP contribution in [0.2, 0.25) is 0 Å². The van der Waals surface area contributed by atoms with Crippen LogP contribution in [0.25, 0.3) is 27.7 Å². The second-order valence-corrected chi connectivity index (χ2v) is 9.07. The van der Waals surface area contributed by atoms with Gasteiger partial charge in [0.2, 0.25) is 0 Å². The molecule has 0 aliphatic heterocycles. The molecule has 2 atom stereocenters. The first kappa shape index (κ1) is 19.3. The van der Waals surface area contributed by atoms with Gasteiger partial charge in [-0.05, 0) is 55.0 Å². The highest BCUT2D eigenvalue weighted by atomic mass is 16.3. The van der Waals surface area contributed by atoms with Crippen molar-refractivity contribution in [2.45, 2.75) is 59.0 Å². The van der Waals surface area contributed by atoms with Gasteiger partial charge < -0.3 is 9.73 Å². The van der Waals surface area contributed by atoms with Crippen LogP contribution in [-0.2, 0) is 6.54 Å². The van der Waals surface area contributed by atoms with E-state index in [0.717, 1.165) is 33.2 Å². The average Bonchev–Trinajstić information content (AvgIpc) is 3.07. The SMILES string of the molecule is C=C1C(=O)c2c(oc(CNC3CCCCC3C)c2C)-c2ccc3c(C)cccc3c21. The molecule has 3 aromatic rings. The number of ketones is 1. The molecular weight excluding hydrogens is 370 g/mol. The third-order valence-electron chi connectivity index (χ3n) is 7.21. The van der Waals surface area contributed by atoms with Gasteiger partial charge in [0.25, 0.3) is 0 Å². The normalized spacial score (nSPS) is 21.0. The molecule has 0 saturated heterocycles. The molecule has 1 heterocycles. The van der Waals surface area contributed by atoms with Crippen molar-refractivity contribution < 1.29 is 9.21 Å². The Balaban J connectivity index is 1.58. The molecule has 154 valence electrons. The lowest BCUT2D eigenvalue weighted by atomic mass is 9.81. The first-order valence-corrected chi connectivity index (χ1v) is 11.1. The van der Waals surface area contributed by atoms with Crippen LogP contribution < -0.4 is 5.32 Å². The predicted octanol–water partition coefficient (Wildman–Crippen LogP) is 6.59. The fourth-order valence-electron chi connectivity index (χ4n) is 5.33. The molecule has 3 heteroatoms. The molecule has 1 saturated carbocycles. The van der Waals surface area contributed by atoms with Crippen molar-refractivity contribution in [2.24, 2.45) is 5.92 Å². The van der Waals surface area contributed by atoms with E-state index in [1.54, 1.807) is 0 Å². The van der Waals surface area contributed by atoms with Crippen LogP contribution >= 0.6 is 0 Å². The van der Waals surface area contributed by atoms with E-state index >= 15 is 0 Å². The first-order valence-electron chi connectivity index (χ1n) is 11.1. The van der Waals surface area contributed by atoms with E-state index < -0.39 is 0 Å². The summed E-state index contributed by atoms with van der Waals surface area (Å²) in [5, 5.41) is 5.93. The van der Waals surface area contributed by atoms with Gasteiger partial charge in [-0.15, -0.1) is 0 Å². The number of fused-ring (bicyclic) bond motifs is 5. The van der Waals surface area contributed by atoms with Crippen molar-refractivity contribution >= 4 is 22.1 Å². The number of allylic oxidation sites excluding steroid dienone is 1. The summed E-state index contributed by atoms with van der Waals surface area (Å²) < 4.78 is 6.36. The van der Waals surface area contributed by atoms with Crippen molar-refractivity contribution in [2.75, 3.05) is 0 Å². The molecule has 1 aromatic heterocycles. The summed E-state index contributed by atoms with van der Waals surface area (Å²) in [4.78, 5) is 13.3. The van der Waals surface area contributed by atoms with Crippen LogP contribution in [0.5, 0.6) is 0 Å². The number of Topliss-reactive ketones (excluding diaryl/α,β-unsaturated/α-hetero) is 1. The zero-order chi connectivity index (χ0) is 21.0. The minimum atomic E-state index is -0.00922. The smallest absolute Gasteiger partial charge is 0.197 e. The molecule has 0 spiro atoms. The summed E-state index contributed by atoms with van der Waals surface area (Å²) >= 11 is 0. The largest absolute Gasteiger partial charge is 0.459 e. The van der Waals surface area contributed by atoms with Gasteiger partial charge in [-0.2, -0.15) is 0 Å². The number of benzene rings is 2. The van der Waals surface area contributed by atoms with E-state index in [-0.39, 0.29) is 5.78 Å². The highest BCUT2D eigenvalue weighted by Crippen LogP contribution is 2.45. The summed E-state index contributed by atoms with van der Waals surface area (Å²) in [5.41, 5.74) is 5.30. The molecule has 1 fully saturated rings. The number of rotatable bonds is 3. The van der Waals surface area contributed by atoms with Crippen LogP contribution in [0.1, 0.15) is 65.4 Å². The Bertz CT molecular complexity index is 1180. The van der Waals surface area contributed by atoms with Crippen LogP contribution in [0.3, 0.4) is 0 Å². The summed E-state index contributed by atoms with van der Waals surface area (Å²) in [6.45, 7) is 11.3. The molecule has 2 aliphatic rings. The molecule has 0 amide bonds. The molecule has 5 rings (SSSR count). The van der Waals surface area contributed by atoms with E-state index in [4.69, 9.17) is 4.42 Å². The maximum atomic E-state index is 13.3. The summed E-state index contributed by atoms with van der Waals surface area (Å²) in [7, 11) is 0.